The van der Waals surface area contributed by atoms with E-state index in [9.17, 15) is 4.79 Å². The number of carbonyl (C=O) groups excluding carboxylic acids is 1. The van der Waals surface area contributed by atoms with Crippen molar-refractivity contribution >= 4 is 29.1 Å². The number of nitrogens with one attached hydrogen (secondary N) is 2. The highest BCUT2D eigenvalue weighted by molar-refractivity contribution is 6.30. The molecule has 6 heteroatoms. The van der Waals surface area contributed by atoms with Crippen LogP contribution in [0, 0.1) is 6.92 Å². The Morgan fingerprint density at radius 1 is 1.04 bits per heavy atom. The molecule has 0 atom stereocenters. The Bertz CT molecular complexity index is 898. The van der Waals surface area contributed by atoms with Gasteiger partial charge in [0.2, 0.25) is 5.95 Å². The van der Waals surface area contributed by atoms with E-state index < -0.39 is 0 Å². The molecule has 0 aliphatic heterocycles. The zero-order valence-electron chi connectivity index (χ0n) is 15.1. The minimum absolute atomic E-state index is 0.282. The van der Waals surface area contributed by atoms with Crippen molar-refractivity contribution in [1.29, 1.82) is 0 Å². The largest absolute Gasteiger partial charge is 0.354 e. The monoisotopic (exact) mass is 380 g/mol. The highest BCUT2D eigenvalue weighted by atomic mass is 35.5. The van der Waals surface area contributed by atoms with E-state index in [1.807, 2.05) is 25.1 Å². The van der Waals surface area contributed by atoms with Gasteiger partial charge in [-0.1, -0.05) is 41.9 Å². The van der Waals surface area contributed by atoms with Gasteiger partial charge in [0, 0.05) is 22.9 Å². The molecule has 0 saturated carbocycles. The van der Waals surface area contributed by atoms with E-state index >= 15 is 0 Å². The van der Waals surface area contributed by atoms with E-state index in [-0.39, 0.29) is 5.91 Å². The normalized spacial score (nSPS) is 10.4. The molecule has 0 aliphatic rings. The summed E-state index contributed by atoms with van der Waals surface area (Å²) in [5.74, 6) is 0.180. The van der Waals surface area contributed by atoms with Crippen LogP contribution in [0.4, 0.5) is 11.6 Å². The van der Waals surface area contributed by atoms with Crippen molar-refractivity contribution in [2.45, 2.75) is 19.8 Å². The zero-order chi connectivity index (χ0) is 19.1. The summed E-state index contributed by atoms with van der Waals surface area (Å²) in [4.78, 5) is 21.1. The molecular formula is C21H21ClN4O. The number of aryl methyl sites for hydroxylation is 2. The predicted molar refractivity (Wildman–Crippen MR) is 109 cm³/mol. The molecule has 3 rings (SSSR count). The fraction of sp³-hybridized carbons (Fsp3) is 0.190. The smallest absolute Gasteiger partial charge is 0.274 e. The molecule has 1 amide bonds. The van der Waals surface area contributed by atoms with Gasteiger partial charge in [0.05, 0.1) is 0 Å². The molecule has 1 aromatic heterocycles. The molecule has 0 unspecified atom stereocenters. The van der Waals surface area contributed by atoms with E-state index in [2.05, 4.69) is 32.7 Å². The Morgan fingerprint density at radius 3 is 2.52 bits per heavy atom. The lowest BCUT2D eigenvalue weighted by Crippen LogP contribution is -2.16. The van der Waals surface area contributed by atoms with Crippen molar-refractivity contribution in [3.05, 3.63) is 82.6 Å². The second-order valence-corrected chi connectivity index (χ2v) is 6.63. The molecule has 0 saturated heterocycles. The lowest BCUT2D eigenvalue weighted by Gasteiger charge is -2.09. The molecular weight excluding hydrogens is 360 g/mol. The number of amides is 1. The number of halogens is 1. The van der Waals surface area contributed by atoms with Crippen molar-refractivity contribution in [2.24, 2.45) is 0 Å². The number of carbonyl (C=O) groups is 1. The maximum absolute atomic E-state index is 12.5. The van der Waals surface area contributed by atoms with Crippen LogP contribution >= 0.6 is 11.6 Å². The third-order valence-electron chi connectivity index (χ3n) is 3.96. The summed E-state index contributed by atoms with van der Waals surface area (Å²) in [5, 5.41) is 6.63. The third kappa shape index (κ3) is 5.79. The van der Waals surface area contributed by atoms with Crippen LogP contribution in [-0.4, -0.2) is 22.4 Å². The Hall–Kier alpha value is -2.92. The second-order valence-electron chi connectivity index (χ2n) is 6.20. The number of anilines is 2. The molecule has 2 aromatic carbocycles. The highest BCUT2D eigenvalue weighted by Crippen LogP contribution is 2.15. The molecule has 0 spiro atoms. The standard InChI is InChI=1S/C21H21ClN4O/c1-15-14-19(20(27)25-18-11-9-17(22)10-12-18)26-21(24-15)23-13-5-8-16-6-3-2-4-7-16/h2-4,6-7,9-12,14H,5,8,13H2,1H3,(H,25,27)(H,23,24,26). The fourth-order valence-electron chi connectivity index (χ4n) is 2.63. The third-order valence-corrected chi connectivity index (χ3v) is 4.21. The first-order chi connectivity index (χ1) is 13.1. The maximum Gasteiger partial charge on any atom is 0.274 e. The maximum atomic E-state index is 12.5. The minimum atomic E-state index is -0.282. The van der Waals surface area contributed by atoms with Crippen molar-refractivity contribution < 1.29 is 4.79 Å². The van der Waals surface area contributed by atoms with Crippen LogP contribution in [0.15, 0.2) is 60.7 Å². The van der Waals surface area contributed by atoms with Gasteiger partial charge >= 0.3 is 0 Å². The van der Waals surface area contributed by atoms with Crippen molar-refractivity contribution in [3.63, 3.8) is 0 Å². The van der Waals surface area contributed by atoms with E-state index in [1.165, 1.54) is 5.56 Å². The van der Waals surface area contributed by atoms with E-state index in [1.54, 1.807) is 30.3 Å². The van der Waals surface area contributed by atoms with Gasteiger partial charge < -0.3 is 10.6 Å². The highest BCUT2D eigenvalue weighted by Gasteiger charge is 2.11. The van der Waals surface area contributed by atoms with Gasteiger partial charge in [-0.25, -0.2) is 9.97 Å². The van der Waals surface area contributed by atoms with Crippen molar-refractivity contribution in [3.8, 4) is 0 Å². The second kappa shape index (κ2) is 9.14. The first kappa shape index (κ1) is 18.9. The lowest BCUT2D eigenvalue weighted by molar-refractivity contribution is 0.102. The Labute approximate surface area is 163 Å². The van der Waals surface area contributed by atoms with Crippen LogP contribution in [0.3, 0.4) is 0 Å². The molecule has 1 heterocycles. The summed E-state index contributed by atoms with van der Waals surface area (Å²) in [6.07, 6.45) is 1.93. The van der Waals surface area contributed by atoms with Crippen LogP contribution in [-0.2, 0) is 6.42 Å². The van der Waals surface area contributed by atoms with E-state index in [4.69, 9.17) is 11.6 Å². The fourth-order valence-corrected chi connectivity index (χ4v) is 2.76. The SMILES string of the molecule is Cc1cc(C(=O)Nc2ccc(Cl)cc2)nc(NCCCc2ccccc2)n1. The zero-order valence-corrected chi connectivity index (χ0v) is 15.8. The summed E-state index contributed by atoms with van der Waals surface area (Å²) in [6.45, 7) is 2.58. The summed E-state index contributed by atoms with van der Waals surface area (Å²) in [7, 11) is 0. The number of benzene rings is 2. The summed E-state index contributed by atoms with van der Waals surface area (Å²) < 4.78 is 0. The average molecular weight is 381 g/mol. The van der Waals surface area contributed by atoms with Crippen molar-refractivity contribution in [1.82, 2.24) is 9.97 Å². The van der Waals surface area contributed by atoms with E-state index in [0.29, 0.717) is 22.4 Å². The van der Waals surface area contributed by atoms with Gasteiger partial charge in [-0.2, -0.15) is 0 Å². The van der Waals surface area contributed by atoms with Crippen LogP contribution in [0.2, 0.25) is 5.02 Å². The first-order valence-electron chi connectivity index (χ1n) is 8.80. The van der Waals surface area contributed by atoms with Crippen molar-refractivity contribution in [2.75, 3.05) is 17.2 Å². The Balaban J connectivity index is 1.58. The molecule has 0 bridgehead atoms. The van der Waals surface area contributed by atoms with Gasteiger partial charge in [0.1, 0.15) is 5.69 Å². The van der Waals surface area contributed by atoms with Gasteiger partial charge in [0.15, 0.2) is 0 Å². The van der Waals surface area contributed by atoms with Gasteiger partial charge in [-0.15, -0.1) is 0 Å². The topological polar surface area (TPSA) is 66.9 Å². The van der Waals surface area contributed by atoms with E-state index in [0.717, 1.165) is 25.1 Å². The number of hydrogen-bond donors (Lipinski definition) is 2. The van der Waals surface area contributed by atoms with Crippen LogP contribution in [0.25, 0.3) is 0 Å². The summed E-state index contributed by atoms with van der Waals surface area (Å²) in [5.41, 5.74) is 3.02. The van der Waals surface area contributed by atoms with Gasteiger partial charge in [-0.3, -0.25) is 4.79 Å². The molecule has 0 fully saturated rings. The molecule has 0 radical (unpaired) electrons. The molecule has 2 N–H and O–H groups in total. The van der Waals surface area contributed by atoms with Crippen LogP contribution in [0.1, 0.15) is 28.2 Å². The number of hydrogen-bond acceptors (Lipinski definition) is 4. The minimum Gasteiger partial charge on any atom is -0.354 e. The first-order valence-corrected chi connectivity index (χ1v) is 9.18. The molecule has 3 aromatic rings. The quantitative estimate of drug-likeness (QED) is 0.581. The van der Waals surface area contributed by atoms with Crippen LogP contribution in [0.5, 0.6) is 0 Å². The molecule has 5 nitrogen and oxygen atoms in total. The summed E-state index contributed by atoms with van der Waals surface area (Å²) >= 11 is 5.86. The van der Waals surface area contributed by atoms with Gasteiger partial charge in [0.25, 0.3) is 5.91 Å². The van der Waals surface area contributed by atoms with Crippen LogP contribution < -0.4 is 10.6 Å². The lowest BCUT2D eigenvalue weighted by atomic mass is 10.1. The van der Waals surface area contributed by atoms with Gasteiger partial charge in [-0.05, 0) is 55.7 Å². The summed E-state index contributed by atoms with van der Waals surface area (Å²) in [6, 6.07) is 18.9. The number of aromatic nitrogens is 2. The molecule has 0 aliphatic carbocycles. The Kier molecular flexibility index (Phi) is 6.39. The average Bonchev–Trinajstić information content (AvgIpc) is 2.67. The molecule has 27 heavy (non-hydrogen) atoms. The number of nitrogens with zero attached hydrogens (tertiary/aromatic N) is 2. The molecule has 138 valence electrons. The predicted octanol–water partition coefficient (Wildman–Crippen LogP) is 4.74. The Morgan fingerprint density at radius 2 is 1.78 bits per heavy atom. The number of rotatable bonds is 7.